The number of rotatable bonds is 4. The van der Waals surface area contributed by atoms with Gasteiger partial charge in [0.05, 0.1) is 11.1 Å². The van der Waals surface area contributed by atoms with E-state index < -0.39 is 8.32 Å². The van der Waals surface area contributed by atoms with E-state index in [1.807, 2.05) is 6.92 Å². The van der Waals surface area contributed by atoms with Crippen molar-refractivity contribution < 1.29 is 9.22 Å². The van der Waals surface area contributed by atoms with E-state index in [1.165, 1.54) is 0 Å². The fourth-order valence-corrected chi connectivity index (χ4v) is 2.59. The highest BCUT2D eigenvalue weighted by Gasteiger charge is 2.40. The molecule has 0 amide bonds. The summed E-state index contributed by atoms with van der Waals surface area (Å²) in [5.74, 6) is 0.476. The van der Waals surface area contributed by atoms with Crippen LogP contribution in [-0.2, 0) is 0 Å². The Labute approximate surface area is 122 Å². The van der Waals surface area contributed by atoms with Crippen LogP contribution in [-0.4, -0.2) is 14.1 Å². The first-order valence-corrected chi connectivity index (χ1v) is 9.80. The Hall–Kier alpha value is -1.60. The Balaban J connectivity index is 3.37. The molecule has 0 fully saturated rings. The van der Waals surface area contributed by atoms with Crippen LogP contribution >= 0.6 is 0 Å². The van der Waals surface area contributed by atoms with Crippen molar-refractivity contribution >= 4 is 14.1 Å². The van der Waals surface area contributed by atoms with Gasteiger partial charge in [0.15, 0.2) is 5.78 Å². The summed E-state index contributed by atoms with van der Waals surface area (Å²) >= 11 is 0. The summed E-state index contributed by atoms with van der Waals surface area (Å²) in [6.45, 7) is 12.4. The molecular formula is C16H23NO2Si. The average molecular weight is 289 g/mol. The monoisotopic (exact) mass is 289 g/mol. The van der Waals surface area contributed by atoms with Gasteiger partial charge in [-0.3, -0.25) is 4.79 Å². The SMILES string of the molecule is CCC(=O)c1cccc(C#N)c1O[Si](C)(C)C(C)(C)C. The van der Waals surface area contributed by atoms with Crippen molar-refractivity contribution in [2.24, 2.45) is 0 Å². The standard InChI is InChI=1S/C16H23NO2Si/c1-7-14(18)13-10-8-9-12(11-17)15(13)19-20(5,6)16(2,3)4/h8-10H,7H2,1-6H3. The van der Waals surface area contributed by atoms with Gasteiger partial charge in [-0.05, 0) is 30.3 Å². The van der Waals surface area contributed by atoms with Crippen molar-refractivity contribution in [3.05, 3.63) is 29.3 Å². The van der Waals surface area contributed by atoms with Crippen LogP contribution in [0.25, 0.3) is 0 Å². The third-order valence-corrected chi connectivity index (χ3v) is 8.25. The third-order valence-electron chi connectivity index (χ3n) is 3.92. The summed E-state index contributed by atoms with van der Waals surface area (Å²) in [5, 5.41) is 9.29. The van der Waals surface area contributed by atoms with Crippen molar-refractivity contribution in [2.45, 2.75) is 52.2 Å². The maximum atomic E-state index is 12.1. The molecule has 3 nitrogen and oxygen atoms in total. The minimum absolute atomic E-state index is 0.0100. The predicted octanol–water partition coefficient (Wildman–Crippen LogP) is 4.53. The van der Waals surface area contributed by atoms with Crippen LogP contribution < -0.4 is 4.43 Å². The number of Topliss-reactive ketones (excluding diaryl/α,β-unsaturated/α-hetero) is 1. The molecule has 0 aliphatic rings. The number of hydrogen-bond donors (Lipinski definition) is 0. The maximum Gasteiger partial charge on any atom is 0.250 e. The van der Waals surface area contributed by atoms with Crippen LogP contribution in [0.15, 0.2) is 18.2 Å². The lowest BCUT2D eigenvalue weighted by atomic mass is 10.0. The number of carbonyl (C=O) groups excluding carboxylic acids is 1. The number of para-hydroxylation sites is 1. The van der Waals surface area contributed by atoms with Gasteiger partial charge in [0.1, 0.15) is 11.8 Å². The lowest BCUT2D eigenvalue weighted by Gasteiger charge is -2.37. The van der Waals surface area contributed by atoms with Gasteiger partial charge in [0, 0.05) is 6.42 Å². The second-order valence-electron chi connectivity index (χ2n) is 6.43. The van der Waals surface area contributed by atoms with Crippen LogP contribution in [0.1, 0.15) is 50.0 Å². The molecule has 0 heterocycles. The van der Waals surface area contributed by atoms with Crippen LogP contribution in [0, 0.1) is 11.3 Å². The van der Waals surface area contributed by atoms with Crippen molar-refractivity contribution in [2.75, 3.05) is 0 Å². The van der Waals surface area contributed by atoms with Crippen LogP contribution in [0.3, 0.4) is 0 Å². The van der Waals surface area contributed by atoms with E-state index in [4.69, 9.17) is 4.43 Å². The molecule has 1 aromatic carbocycles. The second kappa shape index (κ2) is 5.80. The third kappa shape index (κ3) is 3.29. The van der Waals surface area contributed by atoms with Gasteiger partial charge in [0.2, 0.25) is 0 Å². The number of ketones is 1. The van der Waals surface area contributed by atoms with Gasteiger partial charge >= 0.3 is 0 Å². The van der Waals surface area contributed by atoms with E-state index in [-0.39, 0.29) is 10.8 Å². The Kier molecular flexibility index (Phi) is 4.77. The molecule has 0 bridgehead atoms. The topological polar surface area (TPSA) is 50.1 Å². The molecule has 0 aromatic heterocycles. The van der Waals surface area contributed by atoms with E-state index in [2.05, 4.69) is 39.9 Å². The molecule has 0 aliphatic carbocycles. The normalized spacial score (nSPS) is 11.8. The maximum absolute atomic E-state index is 12.1. The molecule has 4 heteroatoms. The first kappa shape index (κ1) is 16.5. The minimum Gasteiger partial charge on any atom is -0.542 e. The van der Waals surface area contributed by atoms with Crippen LogP contribution in [0.2, 0.25) is 18.1 Å². The summed E-state index contributed by atoms with van der Waals surface area (Å²) in [5.41, 5.74) is 0.963. The van der Waals surface area contributed by atoms with Gasteiger partial charge in [-0.2, -0.15) is 5.26 Å². The summed E-state index contributed by atoms with van der Waals surface area (Å²) in [6, 6.07) is 7.32. The Morgan fingerprint density at radius 2 is 1.95 bits per heavy atom. The molecule has 0 aliphatic heterocycles. The number of nitrogens with zero attached hydrogens (tertiary/aromatic N) is 1. The minimum atomic E-state index is -2.09. The molecule has 20 heavy (non-hydrogen) atoms. The van der Waals surface area contributed by atoms with E-state index >= 15 is 0 Å². The van der Waals surface area contributed by atoms with E-state index in [0.717, 1.165) is 0 Å². The quantitative estimate of drug-likeness (QED) is 0.604. The zero-order valence-electron chi connectivity index (χ0n) is 13.2. The number of nitriles is 1. The lowest BCUT2D eigenvalue weighted by molar-refractivity contribution is 0.0986. The lowest BCUT2D eigenvalue weighted by Crippen LogP contribution is -2.44. The average Bonchev–Trinajstić information content (AvgIpc) is 2.36. The largest absolute Gasteiger partial charge is 0.542 e. The molecule has 0 unspecified atom stereocenters. The zero-order chi connectivity index (χ0) is 15.6. The molecule has 0 saturated carbocycles. The molecule has 0 spiro atoms. The van der Waals surface area contributed by atoms with Crippen molar-refractivity contribution in [1.82, 2.24) is 0 Å². The fourth-order valence-electron chi connectivity index (χ4n) is 1.55. The Bertz CT molecular complexity index is 551. The summed E-state index contributed by atoms with van der Waals surface area (Å²) in [4.78, 5) is 12.1. The summed E-state index contributed by atoms with van der Waals surface area (Å²) in [7, 11) is -2.09. The Morgan fingerprint density at radius 3 is 2.40 bits per heavy atom. The van der Waals surface area contributed by atoms with Crippen LogP contribution in [0.5, 0.6) is 5.75 Å². The van der Waals surface area contributed by atoms with Gasteiger partial charge in [-0.25, -0.2) is 0 Å². The molecule has 0 radical (unpaired) electrons. The Morgan fingerprint density at radius 1 is 1.35 bits per heavy atom. The highest BCUT2D eigenvalue weighted by atomic mass is 28.4. The first-order valence-electron chi connectivity index (χ1n) is 6.89. The van der Waals surface area contributed by atoms with Gasteiger partial charge in [-0.15, -0.1) is 0 Å². The highest BCUT2D eigenvalue weighted by Crippen LogP contribution is 2.39. The molecule has 1 rings (SSSR count). The molecule has 1 aromatic rings. The molecule has 108 valence electrons. The van der Waals surface area contributed by atoms with Gasteiger partial charge in [0.25, 0.3) is 8.32 Å². The second-order valence-corrected chi connectivity index (χ2v) is 11.2. The zero-order valence-corrected chi connectivity index (χ0v) is 14.2. The number of hydrogen-bond acceptors (Lipinski definition) is 3. The van der Waals surface area contributed by atoms with E-state index in [1.54, 1.807) is 18.2 Å². The number of benzene rings is 1. The van der Waals surface area contributed by atoms with Crippen molar-refractivity contribution in [3.63, 3.8) is 0 Å². The van der Waals surface area contributed by atoms with Crippen molar-refractivity contribution in [1.29, 1.82) is 5.26 Å². The summed E-state index contributed by atoms with van der Waals surface area (Å²) < 4.78 is 6.24. The van der Waals surface area contributed by atoms with E-state index in [9.17, 15) is 10.1 Å². The van der Waals surface area contributed by atoms with Gasteiger partial charge < -0.3 is 4.43 Å². The van der Waals surface area contributed by atoms with E-state index in [0.29, 0.717) is 23.3 Å². The van der Waals surface area contributed by atoms with Crippen LogP contribution in [0.4, 0.5) is 0 Å². The molecular weight excluding hydrogens is 266 g/mol. The fraction of sp³-hybridized carbons (Fsp3) is 0.500. The van der Waals surface area contributed by atoms with Crippen molar-refractivity contribution in [3.8, 4) is 11.8 Å². The summed E-state index contributed by atoms with van der Waals surface area (Å²) in [6.07, 6.45) is 0.405. The highest BCUT2D eigenvalue weighted by molar-refractivity contribution is 6.74. The smallest absolute Gasteiger partial charge is 0.250 e. The molecule has 0 saturated heterocycles. The predicted molar refractivity (Wildman–Crippen MR) is 83.6 cm³/mol. The number of carbonyl (C=O) groups is 1. The molecule has 0 N–H and O–H groups in total. The van der Waals surface area contributed by atoms with Gasteiger partial charge in [-0.1, -0.05) is 33.8 Å². The first-order chi connectivity index (χ1) is 9.14. The molecule has 0 atom stereocenters.